The van der Waals surface area contributed by atoms with Gasteiger partial charge in [0.15, 0.2) is 11.6 Å². The predicted molar refractivity (Wildman–Crippen MR) is 76.2 cm³/mol. The Labute approximate surface area is 119 Å². The highest BCUT2D eigenvalue weighted by molar-refractivity contribution is 5.65. The van der Waals surface area contributed by atoms with E-state index in [9.17, 15) is 8.78 Å². The van der Waals surface area contributed by atoms with Crippen molar-refractivity contribution in [1.29, 1.82) is 0 Å². The van der Waals surface area contributed by atoms with Crippen molar-refractivity contribution in [2.45, 2.75) is 0 Å². The van der Waals surface area contributed by atoms with E-state index in [-0.39, 0.29) is 17.1 Å². The van der Waals surface area contributed by atoms with E-state index in [0.717, 1.165) is 11.6 Å². The quantitative estimate of drug-likeness (QED) is 0.737. The summed E-state index contributed by atoms with van der Waals surface area (Å²) in [5.74, 6) is -0.757. The number of rotatable bonds is 2. The second-order valence-corrected chi connectivity index (χ2v) is 4.60. The lowest BCUT2D eigenvalue weighted by Gasteiger charge is -2.04. The molecular formula is C15H12F2N4. The highest BCUT2D eigenvalue weighted by atomic mass is 19.1. The maximum Gasteiger partial charge on any atom is 0.181 e. The maximum absolute atomic E-state index is 13.9. The van der Waals surface area contributed by atoms with Crippen LogP contribution in [0.1, 0.15) is 0 Å². The van der Waals surface area contributed by atoms with Gasteiger partial charge in [-0.25, -0.2) is 18.4 Å². The van der Waals surface area contributed by atoms with Crippen LogP contribution in [0.25, 0.3) is 22.8 Å². The predicted octanol–water partition coefficient (Wildman–Crippen LogP) is 3.01. The van der Waals surface area contributed by atoms with Crippen LogP contribution in [0, 0.1) is 11.6 Å². The molecule has 2 N–H and O–H groups in total. The van der Waals surface area contributed by atoms with E-state index < -0.39 is 11.6 Å². The SMILES string of the molecule is Cn1nc(-c2ccccc2)nc1-c1cc(N)c(F)cc1F. The summed E-state index contributed by atoms with van der Waals surface area (Å²) in [5, 5.41) is 4.25. The van der Waals surface area contributed by atoms with Crippen LogP contribution in [0.4, 0.5) is 14.5 Å². The number of hydrogen-bond acceptors (Lipinski definition) is 3. The Bertz CT molecular complexity index is 797. The van der Waals surface area contributed by atoms with Gasteiger partial charge in [0.2, 0.25) is 0 Å². The van der Waals surface area contributed by atoms with Crippen LogP contribution in [0.5, 0.6) is 0 Å². The molecule has 106 valence electrons. The molecule has 3 rings (SSSR count). The number of aromatic nitrogens is 3. The van der Waals surface area contributed by atoms with Crippen LogP contribution in [-0.2, 0) is 7.05 Å². The van der Waals surface area contributed by atoms with Crippen molar-refractivity contribution in [3.8, 4) is 22.8 Å². The fourth-order valence-corrected chi connectivity index (χ4v) is 2.07. The number of anilines is 1. The van der Waals surface area contributed by atoms with E-state index in [4.69, 9.17) is 5.73 Å². The zero-order chi connectivity index (χ0) is 15.0. The van der Waals surface area contributed by atoms with Crippen LogP contribution < -0.4 is 5.73 Å². The normalized spacial score (nSPS) is 10.8. The number of nitrogens with zero attached hydrogens (tertiary/aromatic N) is 3. The summed E-state index contributed by atoms with van der Waals surface area (Å²) in [7, 11) is 1.65. The fourth-order valence-electron chi connectivity index (χ4n) is 2.07. The second kappa shape index (κ2) is 4.97. The molecule has 0 aliphatic heterocycles. The minimum Gasteiger partial charge on any atom is -0.396 e. The van der Waals surface area contributed by atoms with Crippen molar-refractivity contribution >= 4 is 5.69 Å². The van der Waals surface area contributed by atoms with Gasteiger partial charge in [0.25, 0.3) is 0 Å². The maximum atomic E-state index is 13.9. The van der Waals surface area contributed by atoms with Crippen molar-refractivity contribution in [1.82, 2.24) is 14.8 Å². The number of nitrogens with two attached hydrogens (primary N) is 1. The van der Waals surface area contributed by atoms with Crippen LogP contribution in [-0.4, -0.2) is 14.8 Å². The van der Waals surface area contributed by atoms with Crippen molar-refractivity contribution in [2.24, 2.45) is 7.05 Å². The first-order chi connectivity index (χ1) is 10.1. The molecule has 1 aromatic heterocycles. The summed E-state index contributed by atoms with van der Waals surface area (Å²) in [6.07, 6.45) is 0. The molecular weight excluding hydrogens is 274 g/mol. The highest BCUT2D eigenvalue weighted by Crippen LogP contribution is 2.27. The standard InChI is InChI=1S/C15H12F2N4/c1-21-15(10-7-13(18)12(17)8-11(10)16)19-14(20-21)9-5-3-2-4-6-9/h2-8H,18H2,1H3. The summed E-state index contributed by atoms with van der Waals surface area (Å²) in [4.78, 5) is 4.32. The van der Waals surface area contributed by atoms with Gasteiger partial charge in [-0.05, 0) is 6.07 Å². The van der Waals surface area contributed by atoms with Gasteiger partial charge in [0, 0.05) is 18.7 Å². The fraction of sp³-hybridized carbons (Fsp3) is 0.0667. The monoisotopic (exact) mass is 286 g/mol. The van der Waals surface area contributed by atoms with E-state index >= 15 is 0 Å². The second-order valence-electron chi connectivity index (χ2n) is 4.60. The van der Waals surface area contributed by atoms with E-state index in [1.807, 2.05) is 30.3 Å². The molecule has 0 saturated heterocycles. The summed E-state index contributed by atoms with van der Waals surface area (Å²) in [6.45, 7) is 0. The number of hydrogen-bond donors (Lipinski definition) is 1. The van der Waals surface area contributed by atoms with Crippen LogP contribution in [0.15, 0.2) is 42.5 Å². The first-order valence-corrected chi connectivity index (χ1v) is 6.27. The third-order valence-electron chi connectivity index (χ3n) is 3.12. The molecule has 0 spiro atoms. The molecule has 0 fully saturated rings. The molecule has 0 saturated carbocycles. The Morgan fingerprint density at radius 1 is 1.05 bits per heavy atom. The van der Waals surface area contributed by atoms with E-state index in [0.29, 0.717) is 5.82 Å². The molecule has 1 heterocycles. The number of benzene rings is 2. The lowest BCUT2D eigenvalue weighted by molar-refractivity contribution is 0.586. The van der Waals surface area contributed by atoms with Crippen LogP contribution >= 0.6 is 0 Å². The molecule has 0 aliphatic carbocycles. The van der Waals surface area contributed by atoms with Gasteiger partial charge < -0.3 is 5.73 Å². The smallest absolute Gasteiger partial charge is 0.181 e. The first kappa shape index (κ1) is 13.2. The molecule has 0 amide bonds. The van der Waals surface area contributed by atoms with E-state index in [2.05, 4.69) is 10.1 Å². The molecule has 0 radical (unpaired) electrons. The summed E-state index contributed by atoms with van der Waals surface area (Å²) in [5.41, 5.74) is 6.30. The van der Waals surface area contributed by atoms with Crippen molar-refractivity contribution in [3.63, 3.8) is 0 Å². The molecule has 3 aromatic rings. The third-order valence-corrected chi connectivity index (χ3v) is 3.12. The van der Waals surface area contributed by atoms with Gasteiger partial charge in [0.05, 0.1) is 11.3 Å². The van der Waals surface area contributed by atoms with Gasteiger partial charge in [-0.3, -0.25) is 0 Å². The average molecular weight is 286 g/mol. The number of aryl methyl sites for hydroxylation is 1. The number of nitrogen functional groups attached to an aromatic ring is 1. The van der Waals surface area contributed by atoms with Gasteiger partial charge in [-0.1, -0.05) is 30.3 Å². The Morgan fingerprint density at radius 2 is 1.76 bits per heavy atom. The van der Waals surface area contributed by atoms with Gasteiger partial charge in [-0.2, -0.15) is 5.10 Å². The average Bonchev–Trinajstić information content (AvgIpc) is 2.86. The molecule has 0 unspecified atom stereocenters. The molecule has 6 heteroatoms. The Kier molecular flexibility index (Phi) is 3.13. The Balaban J connectivity index is 2.13. The zero-order valence-electron chi connectivity index (χ0n) is 11.2. The molecule has 21 heavy (non-hydrogen) atoms. The van der Waals surface area contributed by atoms with Gasteiger partial charge in [0.1, 0.15) is 11.6 Å². The first-order valence-electron chi connectivity index (χ1n) is 6.27. The minimum atomic E-state index is -0.790. The zero-order valence-corrected chi connectivity index (χ0v) is 11.2. The van der Waals surface area contributed by atoms with Crippen molar-refractivity contribution < 1.29 is 8.78 Å². The molecule has 0 bridgehead atoms. The third kappa shape index (κ3) is 2.35. The lowest BCUT2D eigenvalue weighted by atomic mass is 10.1. The van der Waals surface area contributed by atoms with Crippen molar-refractivity contribution in [2.75, 3.05) is 5.73 Å². The van der Waals surface area contributed by atoms with E-state index in [1.54, 1.807) is 7.05 Å². The summed E-state index contributed by atoms with van der Waals surface area (Å²) in [6, 6.07) is 11.3. The Morgan fingerprint density at radius 3 is 2.48 bits per heavy atom. The summed E-state index contributed by atoms with van der Waals surface area (Å²) < 4.78 is 28.6. The minimum absolute atomic E-state index is 0.117. The molecule has 0 atom stereocenters. The van der Waals surface area contributed by atoms with Crippen LogP contribution in [0.3, 0.4) is 0 Å². The number of halogens is 2. The molecule has 0 aliphatic rings. The Hall–Kier alpha value is -2.76. The topological polar surface area (TPSA) is 56.7 Å². The van der Waals surface area contributed by atoms with Gasteiger partial charge in [-0.15, -0.1) is 0 Å². The molecule has 2 aromatic carbocycles. The highest BCUT2D eigenvalue weighted by Gasteiger charge is 2.16. The van der Waals surface area contributed by atoms with Crippen molar-refractivity contribution in [3.05, 3.63) is 54.1 Å². The molecule has 4 nitrogen and oxygen atoms in total. The van der Waals surface area contributed by atoms with Crippen LogP contribution in [0.2, 0.25) is 0 Å². The lowest BCUT2D eigenvalue weighted by Crippen LogP contribution is -1.99. The van der Waals surface area contributed by atoms with E-state index in [1.165, 1.54) is 10.7 Å². The van der Waals surface area contributed by atoms with Gasteiger partial charge >= 0.3 is 0 Å². The summed E-state index contributed by atoms with van der Waals surface area (Å²) >= 11 is 0. The largest absolute Gasteiger partial charge is 0.396 e.